The Bertz CT molecular complexity index is 1360. The molecule has 5 aromatic rings. The van der Waals surface area contributed by atoms with Gasteiger partial charge in [-0.1, -0.05) is 84.9 Å². The van der Waals surface area contributed by atoms with E-state index in [0.717, 1.165) is 38.7 Å². The van der Waals surface area contributed by atoms with Crippen LogP contribution < -0.4 is 0 Å². The van der Waals surface area contributed by atoms with E-state index in [-0.39, 0.29) is 17.4 Å². The highest BCUT2D eigenvalue weighted by Gasteiger charge is 2.27. The van der Waals surface area contributed by atoms with Crippen LogP contribution in [0.2, 0.25) is 0 Å². The smallest absolute Gasteiger partial charge is 0.214 e. The van der Waals surface area contributed by atoms with Crippen molar-refractivity contribution in [3.05, 3.63) is 118 Å². The summed E-state index contributed by atoms with van der Waals surface area (Å²) in [4.78, 5) is 15.0. The van der Waals surface area contributed by atoms with Crippen molar-refractivity contribution < 1.29 is 4.92 Å². The molecule has 4 heteroatoms. The van der Waals surface area contributed by atoms with Gasteiger partial charge in [-0.25, -0.2) is 0 Å². The van der Waals surface area contributed by atoms with E-state index in [0.29, 0.717) is 0 Å². The van der Waals surface area contributed by atoms with Crippen LogP contribution in [-0.4, -0.2) is 16.5 Å². The average molecular weight is 392 g/mol. The zero-order valence-corrected chi connectivity index (χ0v) is 16.3. The summed E-state index contributed by atoms with van der Waals surface area (Å²) < 4.78 is 0. The molecule has 0 saturated heterocycles. The molecule has 1 unspecified atom stereocenters. The molecule has 0 saturated carbocycles. The Labute approximate surface area is 174 Å². The molecule has 1 aromatic heterocycles. The van der Waals surface area contributed by atoms with Crippen molar-refractivity contribution in [2.24, 2.45) is 0 Å². The van der Waals surface area contributed by atoms with Crippen molar-refractivity contribution in [2.45, 2.75) is 5.92 Å². The largest absolute Gasteiger partial charge is 0.354 e. The maximum absolute atomic E-state index is 11.6. The van der Waals surface area contributed by atoms with E-state index in [1.165, 1.54) is 5.39 Å². The lowest BCUT2D eigenvalue weighted by Gasteiger charge is -2.16. The van der Waals surface area contributed by atoms with Crippen LogP contribution in [-0.2, 0) is 0 Å². The topological polar surface area (TPSA) is 58.9 Å². The summed E-state index contributed by atoms with van der Waals surface area (Å²) in [5.41, 5.74) is 4.88. The van der Waals surface area contributed by atoms with Crippen LogP contribution in [0.3, 0.4) is 0 Å². The predicted molar refractivity (Wildman–Crippen MR) is 121 cm³/mol. The van der Waals surface area contributed by atoms with Crippen LogP contribution >= 0.6 is 0 Å². The van der Waals surface area contributed by atoms with Crippen molar-refractivity contribution in [3.8, 4) is 11.3 Å². The molecule has 0 aliphatic rings. The zero-order valence-electron chi connectivity index (χ0n) is 16.3. The number of nitro groups is 1. The van der Waals surface area contributed by atoms with Crippen LogP contribution in [0.1, 0.15) is 17.0 Å². The fraction of sp³-hybridized carbons (Fsp3) is 0.0769. The SMILES string of the molecule is O=[N+]([O-])CC(c1ccccc1)c1c(-c2ccc3ccccc3c2)[nH]c2ccccc12. The minimum absolute atomic E-state index is 0.160. The Hall–Kier alpha value is -3.92. The van der Waals surface area contributed by atoms with Crippen molar-refractivity contribution in [3.63, 3.8) is 0 Å². The van der Waals surface area contributed by atoms with E-state index >= 15 is 0 Å². The lowest BCUT2D eigenvalue weighted by molar-refractivity contribution is -0.481. The molecule has 1 N–H and O–H groups in total. The van der Waals surface area contributed by atoms with Gasteiger partial charge in [0.15, 0.2) is 0 Å². The third-order valence-corrected chi connectivity index (χ3v) is 5.67. The minimum atomic E-state index is -0.348. The summed E-state index contributed by atoms with van der Waals surface area (Å²) in [7, 11) is 0. The summed E-state index contributed by atoms with van der Waals surface area (Å²) in [5.74, 6) is -0.348. The van der Waals surface area contributed by atoms with Gasteiger partial charge in [0.25, 0.3) is 0 Å². The molecule has 30 heavy (non-hydrogen) atoms. The number of benzene rings is 4. The molecule has 0 spiro atoms. The van der Waals surface area contributed by atoms with Crippen LogP contribution in [0.4, 0.5) is 0 Å². The Morgan fingerprint density at radius 3 is 2.30 bits per heavy atom. The molecule has 4 nitrogen and oxygen atoms in total. The van der Waals surface area contributed by atoms with Gasteiger partial charge in [-0.05, 0) is 39.6 Å². The zero-order chi connectivity index (χ0) is 20.5. The van der Waals surface area contributed by atoms with Gasteiger partial charge in [-0.2, -0.15) is 0 Å². The summed E-state index contributed by atoms with van der Waals surface area (Å²) >= 11 is 0. The van der Waals surface area contributed by atoms with Crippen LogP contribution in [0, 0.1) is 10.1 Å². The van der Waals surface area contributed by atoms with E-state index < -0.39 is 0 Å². The Kier molecular flexibility index (Phi) is 4.52. The van der Waals surface area contributed by atoms with Gasteiger partial charge >= 0.3 is 0 Å². The first kappa shape index (κ1) is 18.1. The van der Waals surface area contributed by atoms with Gasteiger partial charge in [0, 0.05) is 15.8 Å². The van der Waals surface area contributed by atoms with E-state index in [2.05, 4.69) is 35.3 Å². The summed E-state index contributed by atoms with van der Waals surface area (Å²) in [6, 6.07) is 32.4. The Morgan fingerprint density at radius 2 is 1.50 bits per heavy atom. The molecule has 0 fully saturated rings. The van der Waals surface area contributed by atoms with Gasteiger partial charge < -0.3 is 4.98 Å². The highest BCUT2D eigenvalue weighted by atomic mass is 16.6. The second-order valence-electron chi connectivity index (χ2n) is 7.50. The number of para-hydroxylation sites is 1. The van der Waals surface area contributed by atoms with Crippen molar-refractivity contribution >= 4 is 21.7 Å². The van der Waals surface area contributed by atoms with Crippen molar-refractivity contribution in [1.82, 2.24) is 4.98 Å². The van der Waals surface area contributed by atoms with E-state index in [4.69, 9.17) is 0 Å². The lowest BCUT2D eigenvalue weighted by Crippen LogP contribution is -2.14. The molecule has 0 aliphatic heterocycles. The van der Waals surface area contributed by atoms with Crippen molar-refractivity contribution in [2.75, 3.05) is 6.54 Å². The van der Waals surface area contributed by atoms with E-state index in [9.17, 15) is 10.1 Å². The standard InChI is InChI=1S/C26H20N2O2/c29-28(30)17-23(19-9-2-1-3-10-19)25-22-12-6-7-13-24(22)27-26(25)21-15-14-18-8-4-5-11-20(18)16-21/h1-16,23,27H,17H2. The quantitative estimate of drug-likeness (QED) is 0.278. The van der Waals surface area contributed by atoms with Gasteiger partial charge in [0.1, 0.15) is 0 Å². The fourth-order valence-electron chi connectivity index (χ4n) is 4.30. The number of aromatic nitrogens is 1. The molecule has 1 heterocycles. The highest BCUT2D eigenvalue weighted by molar-refractivity contribution is 5.94. The maximum Gasteiger partial charge on any atom is 0.214 e. The summed E-state index contributed by atoms with van der Waals surface area (Å²) in [6.07, 6.45) is 0. The number of nitrogens with zero attached hydrogens (tertiary/aromatic N) is 1. The van der Waals surface area contributed by atoms with Crippen LogP contribution in [0.5, 0.6) is 0 Å². The third kappa shape index (κ3) is 3.22. The molecule has 5 rings (SSSR count). The number of hydrogen-bond acceptors (Lipinski definition) is 2. The maximum atomic E-state index is 11.6. The minimum Gasteiger partial charge on any atom is -0.354 e. The van der Waals surface area contributed by atoms with Gasteiger partial charge in [0.05, 0.1) is 11.6 Å². The molecule has 0 radical (unpaired) electrons. The molecule has 0 amide bonds. The molecule has 0 aliphatic carbocycles. The second kappa shape index (κ2) is 7.48. The van der Waals surface area contributed by atoms with E-state index in [1.54, 1.807) is 0 Å². The molecule has 0 bridgehead atoms. The number of aromatic amines is 1. The molecular formula is C26H20N2O2. The monoisotopic (exact) mass is 392 g/mol. The number of fused-ring (bicyclic) bond motifs is 2. The number of hydrogen-bond donors (Lipinski definition) is 1. The predicted octanol–water partition coefficient (Wildman–Crippen LogP) is 6.40. The Balaban J connectivity index is 1.78. The lowest BCUT2D eigenvalue weighted by atomic mass is 9.87. The average Bonchev–Trinajstić information content (AvgIpc) is 3.17. The van der Waals surface area contributed by atoms with Gasteiger partial charge in [-0.3, -0.25) is 10.1 Å². The summed E-state index contributed by atoms with van der Waals surface area (Å²) in [5, 5.41) is 15.0. The molecule has 146 valence electrons. The number of rotatable bonds is 5. The van der Waals surface area contributed by atoms with E-state index in [1.807, 2.05) is 66.7 Å². The highest BCUT2D eigenvalue weighted by Crippen LogP contribution is 2.39. The number of nitrogens with one attached hydrogen (secondary N) is 1. The normalized spacial score (nSPS) is 12.3. The fourth-order valence-corrected chi connectivity index (χ4v) is 4.30. The first-order valence-electron chi connectivity index (χ1n) is 9.97. The van der Waals surface area contributed by atoms with Crippen LogP contribution in [0.25, 0.3) is 32.9 Å². The first-order chi connectivity index (χ1) is 14.7. The second-order valence-corrected chi connectivity index (χ2v) is 7.50. The Morgan fingerprint density at radius 1 is 0.800 bits per heavy atom. The number of H-pyrrole nitrogens is 1. The first-order valence-corrected chi connectivity index (χ1v) is 9.97. The summed E-state index contributed by atoms with van der Waals surface area (Å²) in [6.45, 7) is -0.160. The molecular weight excluding hydrogens is 372 g/mol. The van der Waals surface area contributed by atoms with Gasteiger partial charge in [-0.15, -0.1) is 0 Å². The third-order valence-electron chi connectivity index (χ3n) is 5.67. The van der Waals surface area contributed by atoms with Crippen LogP contribution in [0.15, 0.2) is 97.1 Å². The van der Waals surface area contributed by atoms with Gasteiger partial charge in [0.2, 0.25) is 6.54 Å². The molecule has 4 aromatic carbocycles. The van der Waals surface area contributed by atoms with Crippen molar-refractivity contribution in [1.29, 1.82) is 0 Å². The molecule has 1 atom stereocenters.